The van der Waals surface area contributed by atoms with Gasteiger partial charge >= 0.3 is 0 Å². The first kappa shape index (κ1) is 15.1. The molecule has 0 aliphatic carbocycles. The van der Waals surface area contributed by atoms with E-state index in [9.17, 15) is 8.42 Å². The first-order valence-electron chi connectivity index (χ1n) is 5.81. The third-order valence-electron chi connectivity index (χ3n) is 2.57. The molecular weight excluding hydrogens is 319 g/mol. The highest BCUT2D eigenvalue weighted by atomic mass is 35.5. The Balaban J connectivity index is 2.21. The molecule has 106 valence electrons. The van der Waals surface area contributed by atoms with Gasteiger partial charge in [-0.1, -0.05) is 29.8 Å². The molecule has 0 spiro atoms. The topological polar surface area (TPSA) is 59.1 Å². The molecule has 20 heavy (non-hydrogen) atoms. The van der Waals surface area contributed by atoms with Gasteiger partial charge in [-0.3, -0.25) is 4.72 Å². The summed E-state index contributed by atoms with van der Waals surface area (Å²) in [7, 11) is -3.67. The van der Waals surface area contributed by atoms with Crippen LogP contribution < -0.4 is 4.72 Å². The summed E-state index contributed by atoms with van der Waals surface area (Å²) in [5.41, 5.74) is 0.986. The Morgan fingerprint density at radius 3 is 2.40 bits per heavy atom. The lowest BCUT2D eigenvalue weighted by Crippen LogP contribution is -2.13. The Labute approximate surface area is 127 Å². The van der Waals surface area contributed by atoms with Crippen LogP contribution in [0.1, 0.15) is 5.56 Å². The lowest BCUT2D eigenvalue weighted by Gasteiger charge is -2.08. The van der Waals surface area contributed by atoms with Gasteiger partial charge in [-0.05, 0) is 36.2 Å². The van der Waals surface area contributed by atoms with Crippen LogP contribution in [0.4, 0.5) is 5.82 Å². The van der Waals surface area contributed by atoms with Gasteiger partial charge in [-0.15, -0.1) is 11.6 Å². The van der Waals surface area contributed by atoms with E-state index in [1.165, 1.54) is 18.2 Å². The van der Waals surface area contributed by atoms with Gasteiger partial charge < -0.3 is 0 Å². The minimum absolute atomic E-state index is 0.164. The number of alkyl halides is 1. The molecule has 0 amide bonds. The molecule has 2 rings (SSSR count). The molecule has 0 unspecified atom stereocenters. The molecule has 4 nitrogen and oxygen atoms in total. The van der Waals surface area contributed by atoms with Crippen LogP contribution in [0.15, 0.2) is 47.4 Å². The Morgan fingerprint density at radius 2 is 1.80 bits per heavy atom. The number of hydrogen-bond donors (Lipinski definition) is 1. The van der Waals surface area contributed by atoms with Crippen molar-refractivity contribution >= 4 is 39.0 Å². The highest BCUT2D eigenvalue weighted by Crippen LogP contribution is 2.17. The van der Waals surface area contributed by atoms with Gasteiger partial charge in [0.05, 0.1) is 4.90 Å². The number of aromatic nitrogens is 1. The van der Waals surface area contributed by atoms with E-state index in [1.807, 2.05) is 0 Å². The van der Waals surface area contributed by atoms with Crippen LogP contribution in [0.25, 0.3) is 0 Å². The molecular formula is C13H12Cl2N2O2S. The van der Waals surface area contributed by atoms with Crippen LogP contribution in [0.5, 0.6) is 0 Å². The second kappa shape index (κ2) is 6.43. The van der Waals surface area contributed by atoms with Gasteiger partial charge in [0, 0.05) is 5.88 Å². The molecule has 2 aromatic rings. The summed E-state index contributed by atoms with van der Waals surface area (Å²) in [6.45, 7) is 0. The first-order valence-corrected chi connectivity index (χ1v) is 8.21. The van der Waals surface area contributed by atoms with Crippen molar-refractivity contribution in [2.45, 2.75) is 11.3 Å². The molecule has 0 aliphatic rings. The van der Waals surface area contributed by atoms with Crippen LogP contribution in [0.2, 0.25) is 5.15 Å². The molecule has 1 N–H and O–H groups in total. The number of halogens is 2. The number of benzene rings is 1. The average molecular weight is 331 g/mol. The highest BCUT2D eigenvalue weighted by Gasteiger charge is 2.14. The summed E-state index contributed by atoms with van der Waals surface area (Å²) in [5.74, 6) is 0.680. The van der Waals surface area contributed by atoms with Crippen molar-refractivity contribution in [2.24, 2.45) is 0 Å². The van der Waals surface area contributed by atoms with Crippen molar-refractivity contribution in [3.63, 3.8) is 0 Å². The zero-order chi connectivity index (χ0) is 14.6. The third-order valence-corrected chi connectivity index (χ3v) is 4.34. The number of nitrogens with zero attached hydrogens (tertiary/aromatic N) is 1. The van der Waals surface area contributed by atoms with Crippen molar-refractivity contribution in [3.8, 4) is 0 Å². The molecule has 0 saturated heterocycles. The molecule has 0 atom stereocenters. The highest BCUT2D eigenvalue weighted by molar-refractivity contribution is 7.92. The monoisotopic (exact) mass is 330 g/mol. The van der Waals surface area contributed by atoms with Crippen molar-refractivity contribution in [2.75, 3.05) is 10.6 Å². The van der Waals surface area contributed by atoms with Gasteiger partial charge in [-0.25, -0.2) is 13.4 Å². The van der Waals surface area contributed by atoms with Gasteiger partial charge in [0.25, 0.3) is 10.0 Å². The van der Waals surface area contributed by atoms with Crippen LogP contribution in [0, 0.1) is 0 Å². The fourth-order valence-electron chi connectivity index (χ4n) is 1.61. The van der Waals surface area contributed by atoms with Crippen LogP contribution in [-0.4, -0.2) is 19.3 Å². The van der Waals surface area contributed by atoms with E-state index in [0.29, 0.717) is 12.3 Å². The minimum atomic E-state index is -3.67. The summed E-state index contributed by atoms with van der Waals surface area (Å²) < 4.78 is 26.7. The van der Waals surface area contributed by atoms with E-state index in [-0.39, 0.29) is 15.9 Å². The summed E-state index contributed by atoms with van der Waals surface area (Å²) in [6, 6.07) is 11.3. The maximum Gasteiger partial charge on any atom is 0.263 e. The summed E-state index contributed by atoms with van der Waals surface area (Å²) in [4.78, 5) is 4.05. The van der Waals surface area contributed by atoms with Gasteiger partial charge in [0.15, 0.2) is 0 Å². The van der Waals surface area contributed by atoms with E-state index >= 15 is 0 Å². The number of aryl methyl sites for hydroxylation is 1. The average Bonchev–Trinajstić information content (AvgIpc) is 2.39. The standard InChI is InChI=1S/C13H12Cl2N2O2S/c14-9-8-10-4-6-11(7-5-10)20(18,19)17-13-3-1-2-12(15)16-13/h1-7H,8-9H2,(H,16,17). The quantitative estimate of drug-likeness (QED) is 0.675. The normalized spacial score (nSPS) is 11.3. The number of sulfonamides is 1. The lowest BCUT2D eigenvalue weighted by molar-refractivity contribution is 0.601. The SMILES string of the molecule is O=S(=O)(Nc1cccc(Cl)n1)c1ccc(CCCl)cc1. The predicted octanol–water partition coefficient (Wildman–Crippen LogP) is 3.32. The van der Waals surface area contributed by atoms with E-state index in [1.54, 1.807) is 24.3 Å². The fourth-order valence-corrected chi connectivity index (χ4v) is 2.99. The molecule has 0 saturated carbocycles. The van der Waals surface area contributed by atoms with Crippen LogP contribution in [-0.2, 0) is 16.4 Å². The maximum atomic E-state index is 12.2. The van der Waals surface area contributed by atoms with Gasteiger partial charge in [0.1, 0.15) is 11.0 Å². The van der Waals surface area contributed by atoms with E-state index in [4.69, 9.17) is 23.2 Å². The van der Waals surface area contributed by atoms with Gasteiger partial charge in [0.2, 0.25) is 0 Å². The molecule has 0 bridgehead atoms. The Bertz CT molecular complexity index is 688. The predicted molar refractivity (Wildman–Crippen MR) is 80.9 cm³/mol. The first-order chi connectivity index (χ1) is 9.51. The largest absolute Gasteiger partial charge is 0.263 e. The van der Waals surface area contributed by atoms with Crippen molar-refractivity contribution in [1.82, 2.24) is 4.98 Å². The number of nitrogens with one attached hydrogen (secondary N) is 1. The van der Waals surface area contributed by atoms with Crippen molar-refractivity contribution in [1.29, 1.82) is 0 Å². The van der Waals surface area contributed by atoms with E-state index < -0.39 is 10.0 Å². The van der Waals surface area contributed by atoms with Crippen LogP contribution in [0.3, 0.4) is 0 Å². The van der Waals surface area contributed by atoms with Crippen molar-refractivity contribution in [3.05, 3.63) is 53.2 Å². The molecule has 0 aliphatic heterocycles. The number of anilines is 1. The third kappa shape index (κ3) is 3.85. The summed E-state index contributed by atoms with van der Waals surface area (Å²) in [5, 5.41) is 0.225. The molecule has 1 heterocycles. The van der Waals surface area contributed by atoms with Gasteiger partial charge in [-0.2, -0.15) is 0 Å². The van der Waals surface area contributed by atoms with E-state index in [2.05, 4.69) is 9.71 Å². The number of rotatable bonds is 5. The molecule has 1 aromatic heterocycles. The Morgan fingerprint density at radius 1 is 1.10 bits per heavy atom. The second-order valence-electron chi connectivity index (χ2n) is 4.03. The maximum absolute atomic E-state index is 12.2. The fraction of sp³-hybridized carbons (Fsp3) is 0.154. The zero-order valence-corrected chi connectivity index (χ0v) is 12.7. The summed E-state index contributed by atoms with van der Waals surface area (Å²) >= 11 is 11.4. The lowest BCUT2D eigenvalue weighted by atomic mass is 10.2. The smallest absolute Gasteiger partial charge is 0.263 e. The molecule has 0 fully saturated rings. The Hall–Kier alpha value is -1.30. The Kier molecular flexibility index (Phi) is 4.86. The van der Waals surface area contributed by atoms with Crippen molar-refractivity contribution < 1.29 is 8.42 Å². The summed E-state index contributed by atoms with van der Waals surface area (Å²) in [6.07, 6.45) is 0.700. The second-order valence-corrected chi connectivity index (χ2v) is 6.48. The van der Waals surface area contributed by atoms with Crippen LogP contribution >= 0.6 is 23.2 Å². The zero-order valence-electron chi connectivity index (χ0n) is 10.4. The number of pyridine rings is 1. The number of hydrogen-bond acceptors (Lipinski definition) is 3. The van der Waals surface area contributed by atoms with E-state index in [0.717, 1.165) is 5.56 Å². The molecule has 1 aromatic carbocycles. The molecule has 7 heteroatoms. The minimum Gasteiger partial charge on any atom is -0.263 e. The molecule has 0 radical (unpaired) electrons.